The van der Waals surface area contributed by atoms with E-state index in [2.05, 4.69) is 15.9 Å². The number of halogens is 2. The van der Waals surface area contributed by atoms with Gasteiger partial charge in [-0.2, -0.15) is 0 Å². The van der Waals surface area contributed by atoms with E-state index in [0.717, 1.165) is 10.0 Å². The summed E-state index contributed by atoms with van der Waals surface area (Å²) in [5.41, 5.74) is 0.898. The highest BCUT2D eigenvalue weighted by atomic mass is 79.9. The third kappa shape index (κ3) is 3.34. The fourth-order valence-corrected chi connectivity index (χ4v) is 2.98. The molecule has 2 atom stereocenters. The molecule has 0 saturated carbocycles. The van der Waals surface area contributed by atoms with E-state index in [1.807, 2.05) is 12.1 Å². The van der Waals surface area contributed by atoms with Gasteiger partial charge in [0.2, 0.25) is 0 Å². The average Bonchev–Trinajstić information content (AvgIpc) is 2.47. The Morgan fingerprint density at radius 1 is 1.26 bits per heavy atom. The van der Waals surface area contributed by atoms with Gasteiger partial charge in [0.05, 0.1) is 39.4 Å². The smallest absolute Gasteiger partial charge is 0.161 e. The molecule has 6 heteroatoms. The lowest BCUT2D eigenvalue weighted by molar-refractivity contribution is -0.0893. The lowest BCUT2D eigenvalue weighted by Gasteiger charge is -2.27. The highest BCUT2D eigenvalue weighted by Gasteiger charge is 2.27. The van der Waals surface area contributed by atoms with Crippen LogP contribution in [-0.4, -0.2) is 40.1 Å². The Kier molecular flexibility index (Phi) is 5.33. The van der Waals surface area contributed by atoms with Crippen LogP contribution in [-0.2, 0) is 9.47 Å². The zero-order valence-electron chi connectivity index (χ0n) is 10.8. The Bertz CT molecular complexity index is 435. The SMILES string of the molecule is COc1cc(Br)c(C(Cl)C2COCCO2)cc1OC. The lowest BCUT2D eigenvalue weighted by Crippen LogP contribution is -2.32. The minimum Gasteiger partial charge on any atom is -0.493 e. The van der Waals surface area contributed by atoms with Gasteiger partial charge in [0.15, 0.2) is 11.5 Å². The zero-order valence-corrected chi connectivity index (χ0v) is 13.2. The highest BCUT2D eigenvalue weighted by molar-refractivity contribution is 9.10. The van der Waals surface area contributed by atoms with Crippen molar-refractivity contribution >= 4 is 27.5 Å². The number of ether oxygens (including phenoxy) is 4. The summed E-state index contributed by atoms with van der Waals surface area (Å²) >= 11 is 9.99. The third-order valence-corrected chi connectivity index (χ3v) is 4.17. The van der Waals surface area contributed by atoms with E-state index in [0.29, 0.717) is 31.3 Å². The molecule has 4 nitrogen and oxygen atoms in total. The summed E-state index contributed by atoms with van der Waals surface area (Å²) in [4.78, 5) is 0. The normalized spacial score (nSPS) is 20.9. The molecule has 1 aliphatic heterocycles. The molecular formula is C13H16BrClO4. The Balaban J connectivity index is 2.27. The van der Waals surface area contributed by atoms with E-state index in [4.69, 9.17) is 30.5 Å². The largest absolute Gasteiger partial charge is 0.493 e. The van der Waals surface area contributed by atoms with E-state index in [1.165, 1.54) is 0 Å². The van der Waals surface area contributed by atoms with Crippen LogP contribution in [0.25, 0.3) is 0 Å². The van der Waals surface area contributed by atoms with Crippen molar-refractivity contribution in [1.82, 2.24) is 0 Å². The summed E-state index contributed by atoms with van der Waals surface area (Å²) in [5.74, 6) is 1.30. The lowest BCUT2D eigenvalue weighted by atomic mass is 10.1. The van der Waals surface area contributed by atoms with Gasteiger partial charge in [0.25, 0.3) is 0 Å². The number of methoxy groups -OCH3 is 2. The van der Waals surface area contributed by atoms with Gasteiger partial charge in [0.1, 0.15) is 6.10 Å². The first-order valence-electron chi connectivity index (χ1n) is 5.92. The zero-order chi connectivity index (χ0) is 13.8. The maximum Gasteiger partial charge on any atom is 0.161 e. The molecule has 0 aliphatic carbocycles. The Labute approximate surface area is 126 Å². The van der Waals surface area contributed by atoms with Crippen molar-refractivity contribution in [3.05, 3.63) is 22.2 Å². The summed E-state index contributed by atoms with van der Waals surface area (Å²) in [7, 11) is 3.19. The van der Waals surface area contributed by atoms with Gasteiger partial charge in [-0.15, -0.1) is 11.6 Å². The van der Waals surface area contributed by atoms with E-state index in [1.54, 1.807) is 14.2 Å². The summed E-state index contributed by atoms with van der Waals surface area (Å²) in [6.45, 7) is 1.68. The molecule has 0 radical (unpaired) electrons. The molecule has 1 saturated heterocycles. The fraction of sp³-hybridized carbons (Fsp3) is 0.538. The molecule has 0 bridgehead atoms. The summed E-state index contributed by atoms with van der Waals surface area (Å²) in [6, 6.07) is 3.70. The molecule has 1 heterocycles. The first-order valence-corrected chi connectivity index (χ1v) is 7.15. The number of benzene rings is 1. The van der Waals surface area contributed by atoms with Crippen molar-refractivity contribution in [1.29, 1.82) is 0 Å². The van der Waals surface area contributed by atoms with E-state index in [9.17, 15) is 0 Å². The van der Waals surface area contributed by atoms with Crippen LogP contribution in [0.4, 0.5) is 0 Å². The first kappa shape index (κ1) is 14.9. The average molecular weight is 352 g/mol. The van der Waals surface area contributed by atoms with Gasteiger partial charge in [-0.1, -0.05) is 15.9 Å². The minimum absolute atomic E-state index is 0.162. The number of rotatable bonds is 4. The Morgan fingerprint density at radius 2 is 1.95 bits per heavy atom. The molecule has 19 heavy (non-hydrogen) atoms. The van der Waals surface area contributed by atoms with Crippen LogP contribution in [0.2, 0.25) is 0 Å². The fourth-order valence-electron chi connectivity index (χ4n) is 1.96. The van der Waals surface area contributed by atoms with Gasteiger partial charge in [-0.25, -0.2) is 0 Å². The van der Waals surface area contributed by atoms with Crippen molar-refractivity contribution in [2.24, 2.45) is 0 Å². The standard InChI is InChI=1S/C13H16BrClO4/c1-16-10-5-8(9(14)6-11(10)17-2)13(15)12-7-18-3-4-19-12/h5-6,12-13H,3-4,7H2,1-2H3. The molecule has 2 unspecified atom stereocenters. The van der Waals surface area contributed by atoms with E-state index in [-0.39, 0.29) is 11.5 Å². The molecular weight excluding hydrogens is 335 g/mol. The van der Waals surface area contributed by atoms with Gasteiger partial charge < -0.3 is 18.9 Å². The minimum atomic E-state index is -0.311. The molecule has 1 aliphatic rings. The molecule has 1 fully saturated rings. The second-order valence-electron chi connectivity index (χ2n) is 4.11. The van der Waals surface area contributed by atoms with Crippen molar-refractivity contribution in [2.45, 2.75) is 11.5 Å². The number of hydrogen-bond acceptors (Lipinski definition) is 4. The van der Waals surface area contributed by atoms with Crippen molar-refractivity contribution in [3.8, 4) is 11.5 Å². The molecule has 2 rings (SSSR count). The molecule has 0 amide bonds. The summed E-state index contributed by atoms with van der Waals surface area (Å²) in [5, 5.41) is -0.311. The monoisotopic (exact) mass is 350 g/mol. The maximum atomic E-state index is 6.48. The topological polar surface area (TPSA) is 36.9 Å². The highest BCUT2D eigenvalue weighted by Crippen LogP contribution is 2.40. The molecule has 0 spiro atoms. The number of alkyl halides is 1. The van der Waals surface area contributed by atoms with E-state index < -0.39 is 0 Å². The predicted molar refractivity (Wildman–Crippen MR) is 76.4 cm³/mol. The van der Waals surface area contributed by atoms with Crippen LogP contribution in [0.15, 0.2) is 16.6 Å². The molecule has 0 N–H and O–H groups in total. The second kappa shape index (κ2) is 6.79. The number of hydrogen-bond donors (Lipinski definition) is 0. The van der Waals surface area contributed by atoms with Crippen molar-refractivity contribution in [3.63, 3.8) is 0 Å². The summed E-state index contributed by atoms with van der Waals surface area (Å²) in [6.07, 6.45) is -0.162. The van der Waals surface area contributed by atoms with Crippen molar-refractivity contribution in [2.75, 3.05) is 34.0 Å². The van der Waals surface area contributed by atoms with Crippen LogP contribution in [0.3, 0.4) is 0 Å². The third-order valence-electron chi connectivity index (χ3n) is 2.97. The quantitative estimate of drug-likeness (QED) is 0.781. The first-order chi connectivity index (χ1) is 9.17. The molecule has 1 aromatic carbocycles. The molecule has 1 aromatic rings. The van der Waals surface area contributed by atoms with Crippen LogP contribution in [0.5, 0.6) is 11.5 Å². The summed E-state index contributed by atoms with van der Waals surface area (Å²) < 4.78 is 22.4. The van der Waals surface area contributed by atoms with Gasteiger partial charge in [-0.05, 0) is 17.7 Å². The Hall–Kier alpha value is -0.490. The van der Waals surface area contributed by atoms with Gasteiger partial charge in [0, 0.05) is 4.47 Å². The van der Waals surface area contributed by atoms with Gasteiger partial charge >= 0.3 is 0 Å². The van der Waals surface area contributed by atoms with Gasteiger partial charge in [-0.3, -0.25) is 0 Å². The van der Waals surface area contributed by atoms with Crippen LogP contribution < -0.4 is 9.47 Å². The molecule has 0 aromatic heterocycles. The second-order valence-corrected chi connectivity index (χ2v) is 5.44. The van der Waals surface area contributed by atoms with Crippen LogP contribution in [0.1, 0.15) is 10.9 Å². The predicted octanol–water partition coefficient (Wildman–Crippen LogP) is 3.16. The molecule has 106 valence electrons. The maximum absolute atomic E-state index is 6.48. The van der Waals surface area contributed by atoms with Crippen LogP contribution in [0, 0.1) is 0 Å². The Morgan fingerprint density at radius 3 is 2.53 bits per heavy atom. The van der Waals surface area contributed by atoms with Crippen molar-refractivity contribution < 1.29 is 18.9 Å². The van der Waals surface area contributed by atoms with Crippen LogP contribution >= 0.6 is 27.5 Å². The van der Waals surface area contributed by atoms with E-state index >= 15 is 0 Å².